The molecule has 0 aliphatic heterocycles. The second-order valence-electron chi connectivity index (χ2n) is 3.02. The molecular formula is C11H7ClO2S2. The summed E-state index contributed by atoms with van der Waals surface area (Å²) in [6, 6.07) is 9.14. The van der Waals surface area contributed by atoms with Crippen LogP contribution in [-0.2, 0) is 0 Å². The largest absolute Gasteiger partial charge is 0.478 e. The standard InChI is InChI=1S/C11H7ClO2S2/c12-8-2-1-3-9(5-8)16-10-4-7(6-15-10)11(13)14/h1-6H,(H,13,14). The molecule has 0 saturated heterocycles. The van der Waals surface area contributed by atoms with Gasteiger partial charge in [0.2, 0.25) is 0 Å². The molecule has 0 aliphatic rings. The van der Waals surface area contributed by atoms with Gasteiger partial charge in [0, 0.05) is 15.3 Å². The number of benzene rings is 1. The normalized spacial score (nSPS) is 10.3. The Morgan fingerprint density at radius 3 is 2.81 bits per heavy atom. The van der Waals surface area contributed by atoms with Gasteiger partial charge in [-0.05, 0) is 24.3 Å². The highest BCUT2D eigenvalue weighted by Crippen LogP contribution is 2.33. The van der Waals surface area contributed by atoms with Gasteiger partial charge in [-0.25, -0.2) is 4.79 Å². The highest BCUT2D eigenvalue weighted by atomic mass is 35.5. The van der Waals surface area contributed by atoms with E-state index in [-0.39, 0.29) is 0 Å². The van der Waals surface area contributed by atoms with E-state index < -0.39 is 5.97 Å². The number of rotatable bonds is 3. The lowest BCUT2D eigenvalue weighted by molar-refractivity contribution is 0.0697. The monoisotopic (exact) mass is 270 g/mol. The van der Waals surface area contributed by atoms with Crippen LogP contribution in [0.3, 0.4) is 0 Å². The molecule has 0 aliphatic carbocycles. The van der Waals surface area contributed by atoms with Crippen molar-refractivity contribution in [2.75, 3.05) is 0 Å². The molecule has 2 aromatic rings. The lowest BCUT2D eigenvalue weighted by atomic mass is 10.4. The molecule has 2 nitrogen and oxygen atoms in total. The van der Waals surface area contributed by atoms with Gasteiger partial charge in [-0.1, -0.05) is 29.4 Å². The zero-order valence-corrected chi connectivity index (χ0v) is 10.4. The first-order valence-electron chi connectivity index (χ1n) is 4.40. The molecule has 0 unspecified atom stereocenters. The number of hydrogen-bond donors (Lipinski definition) is 1. The quantitative estimate of drug-likeness (QED) is 0.906. The minimum Gasteiger partial charge on any atom is -0.478 e. The number of carbonyl (C=O) groups is 1. The van der Waals surface area contributed by atoms with Crippen molar-refractivity contribution in [2.24, 2.45) is 0 Å². The number of carboxylic acids is 1. The van der Waals surface area contributed by atoms with Crippen LogP contribution in [0.25, 0.3) is 0 Å². The van der Waals surface area contributed by atoms with Gasteiger partial charge in [-0.3, -0.25) is 0 Å². The highest BCUT2D eigenvalue weighted by molar-refractivity contribution is 8.01. The smallest absolute Gasteiger partial charge is 0.336 e. The lowest BCUT2D eigenvalue weighted by Gasteiger charge is -1.98. The van der Waals surface area contributed by atoms with Crippen molar-refractivity contribution in [3.05, 3.63) is 46.3 Å². The van der Waals surface area contributed by atoms with Crippen LogP contribution >= 0.6 is 34.7 Å². The second kappa shape index (κ2) is 4.91. The molecule has 0 fully saturated rings. The Morgan fingerprint density at radius 1 is 1.38 bits per heavy atom. The molecule has 82 valence electrons. The van der Waals surface area contributed by atoms with Crippen LogP contribution in [0, 0.1) is 0 Å². The maximum atomic E-state index is 10.7. The Morgan fingerprint density at radius 2 is 2.19 bits per heavy atom. The summed E-state index contributed by atoms with van der Waals surface area (Å²) in [4.78, 5) is 11.7. The van der Waals surface area contributed by atoms with Crippen molar-refractivity contribution in [1.82, 2.24) is 0 Å². The Hall–Kier alpha value is -0.970. The van der Waals surface area contributed by atoms with E-state index in [1.807, 2.05) is 24.3 Å². The zero-order chi connectivity index (χ0) is 11.5. The van der Waals surface area contributed by atoms with Crippen LogP contribution in [-0.4, -0.2) is 11.1 Å². The van der Waals surface area contributed by atoms with Crippen LogP contribution in [0.15, 0.2) is 44.8 Å². The summed E-state index contributed by atoms with van der Waals surface area (Å²) in [6.07, 6.45) is 0. The van der Waals surface area contributed by atoms with Gasteiger partial charge < -0.3 is 5.11 Å². The van der Waals surface area contributed by atoms with E-state index >= 15 is 0 Å². The number of hydrogen-bond acceptors (Lipinski definition) is 3. The summed E-state index contributed by atoms with van der Waals surface area (Å²) in [5.41, 5.74) is 0.328. The molecule has 1 heterocycles. The summed E-state index contributed by atoms with van der Waals surface area (Å²) in [5, 5.41) is 11.1. The van der Waals surface area contributed by atoms with Crippen LogP contribution in [0.4, 0.5) is 0 Å². The number of halogens is 1. The summed E-state index contributed by atoms with van der Waals surface area (Å²) in [5.74, 6) is -0.894. The number of carboxylic acid groups (broad SMARTS) is 1. The Balaban J connectivity index is 2.17. The number of thiophene rings is 1. The Kier molecular flexibility index (Phi) is 3.53. The first kappa shape index (κ1) is 11.5. The SMILES string of the molecule is O=C(O)c1csc(Sc2cccc(Cl)c2)c1. The molecule has 0 saturated carbocycles. The zero-order valence-electron chi connectivity index (χ0n) is 8.01. The topological polar surface area (TPSA) is 37.3 Å². The van der Waals surface area contributed by atoms with Crippen LogP contribution in [0.5, 0.6) is 0 Å². The fourth-order valence-electron chi connectivity index (χ4n) is 1.13. The summed E-state index contributed by atoms with van der Waals surface area (Å²) in [7, 11) is 0. The van der Waals surface area contributed by atoms with Crippen LogP contribution in [0.1, 0.15) is 10.4 Å². The lowest BCUT2D eigenvalue weighted by Crippen LogP contribution is -1.91. The van der Waals surface area contributed by atoms with Crippen molar-refractivity contribution in [2.45, 2.75) is 9.10 Å². The van der Waals surface area contributed by atoms with E-state index in [9.17, 15) is 4.79 Å². The van der Waals surface area contributed by atoms with E-state index in [0.717, 1.165) is 9.10 Å². The molecule has 0 spiro atoms. The molecule has 2 rings (SSSR count). The van der Waals surface area contributed by atoms with E-state index in [1.165, 1.54) is 23.1 Å². The highest BCUT2D eigenvalue weighted by Gasteiger charge is 2.07. The third-order valence-corrected chi connectivity index (χ3v) is 4.14. The fourth-order valence-corrected chi connectivity index (χ4v) is 3.37. The van der Waals surface area contributed by atoms with Crippen molar-refractivity contribution >= 4 is 40.7 Å². The molecule has 0 bridgehead atoms. The summed E-state index contributed by atoms with van der Waals surface area (Å²) >= 11 is 8.79. The molecule has 1 aromatic carbocycles. The number of aromatic carboxylic acids is 1. The second-order valence-corrected chi connectivity index (χ2v) is 5.74. The predicted molar refractivity (Wildman–Crippen MR) is 66.9 cm³/mol. The van der Waals surface area contributed by atoms with Crippen molar-refractivity contribution < 1.29 is 9.90 Å². The average Bonchev–Trinajstić information content (AvgIpc) is 2.66. The maximum absolute atomic E-state index is 10.7. The van der Waals surface area contributed by atoms with Crippen LogP contribution in [0.2, 0.25) is 5.02 Å². The maximum Gasteiger partial charge on any atom is 0.336 e. The van der Waals surface area contributed by atoms with Gasteiger partial charge in [0.15, 0.2) is 0 Å². The average molecular weight is 271 g/mol. The fraction of sp³-hybridized carbons (Fsp3) is 0. The minimum absolute atomic E-state index is 0.328. The van der Waals surface area contributed by atoms with E-state index in [4.69, 9.17) is 16.7 Å². The van der Waals surface area contributed by atoms with E-state index in [2.05, 4.69) is 0 Å². The molecular weight excluding hydrogens is 264 g/mol. The third-order valence-electron chi connectivity index (χ3n) is 1.84. The van der Waals surface area contributed by atoms with Gasteiger partial charge in [0.25, 0.3) is 0 Å². The molecule has 1 aromatic heterocycles. The first-order valence-corrected chi connectivity index (χ1v) is 6.48. The molecule has 0 amide bonds. The van der Waals surface area contributed by atoms with Gasteiger partial charge in [0.05, 0.1) is 9.77 Å². The molecule has 16 heavy (non-hydrogen) atoms. The van der Waals surface area contributed by atoms with Crippen molar-refractivity contribution in [3.63, 3.8) is 0 Å². The molecule has 5 heteroatoms. The van der Waals surface area contributed by atoms with Gasteiger partial charge in [-0.2, -0.15) is 0 Å². The van der Waals surface area contributed by atoms with E-state index in [1.54, 1.807) is 11.4 Å². The van der Waals surface area contributed by atoms with Crippen molar-refractivity contribution in [3.8, 4) is 0 Å². The van der Waals surface area contributed by atoms with Crippen molar-refractivity contribution in [1.29, 1.82) is 0 Å². The predicted octanol–water partition coefficient (Wildman–Crippen LogP) is 4.25. The first-order chi connectivity index (χ1) is 7.65. The van der Waals surface area contributed by atoms with Gasteiger partial charge in [-0.15, -0.1) is 11.3 Å². The van der Waals surface area contributed by atoms with Gasteiger partial charge in [0.1, 0.15) is 0 Å². The van der Waals surface area contributed by atoms with E-state index in [0.29, 0.717) is 10.6 Å². The minimum atomic E-state index is -0.894. The van der Waals surface area contributed by atoms with Gasteiger partial charge >= 0.3 is 5.97 Å². The molecule has 0 radical (unpaired) electrons. The molecule has 0 atom stereocenters. The summed E-state index contributed by atoms with van der Waals surface area (Å²) < 4.78 is 0.944. The molecule has 1 N–H and O–H groups in total. The Labute approximate surface area is 106 Å². The third kappa shape index (κ3) is 2.78. The van der Waals surface area contributed by atoms with Crippen LogP contribution < -0.4 is 0 Å². The summed E-state index contributed by atoms with van der Waals surface area (Å²) in [6.45, 7) is 0. The Bertz CT molecular complexity index is 522.